The number of hydrogen-bond acceptors (Lipinski definition) is 5. The van der Waals surface area contributed by atoms with Gasteiger partial charge < -0.3 is 4.74 Å². The largest absolute Gasteiger partial charge is 0.497 e. The lowest BCUT2D eigenvalue weighted by atomic mass is 10.0. The first-order valence-corrected chi connectivity index (χ1v) is 7.85. The van der Waals surface area contributed by atoms with Crippen LogP contribution in [0.4, 0.5) is 0 Å². The summed E-state index contributed by atoms with van der Waals surface area (Å²) in [6, 6.07) is 6.40. The minimum atomic E-state index is -3.91. The molecule has 0 heterocycles. The maximum Gasteiger partial charge on any atom is 0.358 e. The molecular formula is C15H17NO4S. The van der Waals surface area contributed by atoms with E-state index in [0.29, 0.717) is 11.5 Å². The molecule has 0 radical (unpaired) electrons. The molecule has 1 atom stereocenters. The number of hydrogen-bond donors (Lipinski definition) is 0. The number of rotatable bonds is 4. The zero-order valence-electron chi connectivity index (χ0n) is 12.1. The first kappa shape index (κ1) is 15.3. The summed E-state index contributed by atoms with van der Waals surface area (Å²) in [5.41, 5.74) is 1.46. The molecule has 0 amide bonds. The van der Waals surface area contributed by atoms with Crippen LogP contribution >= 0.6 is 0 Å². The van der Waals surface area contributed by atoms with Crippen molar-refractivity contribution in [3.8, 4) is 0 Å². The molecule has 0 fully saturated rings. The molecule has 0 N–H and O–H groups in total. The maximum absolute atomic E-state index is 12.0. The van der Waals surface area contributed by atoms with Crippen molar-refractivity contribution in [2.24, 2.45) is 11.1 Å². The number of aryl methyl sites for hydroxylation is 1. The third-order valence-corrected chi connectivity index (χ3v) is 4.21. The van der Waals surface area contributed by atoms with Crippen LogP contribution in [0.15, 0.2) is 58.3 Å². The van der Waals surface area contributed by atoms with Crippen LogP contribution in [0.1, 0.15) is 12.5 Å². The minimum absolute atomic E-state index is 0.0443. The van der Waals surface area contributed by atoms with Crippen molar-refractivity contribution in [2.45, 2.75) is 18.7 Å². The van der Waals surface area contributed by atoms with E-state index < -0.39 is 10.1 Å². The third-order valence-electron chi connectivity index (χ3n) is 3.09. The van der Waals surface area contributed by atoms with Gasteiger partial charge in [0, 0.05) is 12.0 Å². The van der Waals surface area contributed by atoms with Crippen molar-refractivity contribution in [3.05, 3.63) is 53.8 Å². The van der Waals surface area contributed by atoms with Crippen LogP contribution in [0.25, 0.3) is 0 Å². The molecule has 21 heavy (non-hydrogen) atoms. The van der Waals surface area contributed by atoms with Crippen molar-refractivity contribution in [3.63, 3.8) is 0 Å². The molecule has 0 saturated carbocycles. The van der Waals surface area contributed by atoms with E-state index in [1.807, 2.05) is 19.9 Å². The average molecular weight is 307 g/mol. The van der Waals surface area contributed by atoms with E-state index in [9.17, 15) is 8.42 Å². The Morgan fingerprint density at radius 1 is 1.19 bits per heavy atom. The second kappa shape index (κ2) is 6.13. The van der Waals surface area contributed by atoms with E-state index in [0.717, 1.165) is 5.56 Å². The monoisotopic (exact) mass is 307 g/mol. The molecule has 1 aromatic rings. The predicted octanol–water partition coefficient (Wildman–Crippen LogP) is 2.79. The normalized spacial score (nSPS) is 20.2. The summed E-state index contributed by atoms with van der Waals surface area (Å²) < 4.78 is 34.0. The standard InChI is InChI=1S/C15H17NO4S/c1-11-4-8-14(9-5-11)21(17,18)20-16-15-10-13(19-3)7-6-12(15)2/h4-10,12H,1-3H3/b16-15-. The van der Waals surface area contributed by atoms with Crippen LogP contribution in [-0.4, -0.2) is 21.2 Å². The Kier molecular flexibility index (Phi) is 4.47. The SMILES string of the molecule is COC1=C/C(=N/OS(=O)(=O)c2ccc(C)cc2)C(C)C=C1. The molecular weight excluding hydrogens is 290 g/mol. The first-order chi connectivity index (χ1) is 9.92. The maximum atomic E-state index is 12.0. The van der Waals surface area contributed by atoms with Crippen LogP contribution in [0.3, 0.4) is 0 Å². The molecule has 1 aromatic carbocycles. The van der Waals surface area contributed by atoms with E-state index in [1.54, 1.807) is 24.3 Å². The second-order valence-electron chi connectivity index (χ2n) is 4.76. The van der Waals surface area contributed by atoms with Crippen molar-refractivity contribution in [1.82, 2.24) is 0 Å². The third kappa shape index (κ3) is 3.72. The van der Waals surface area contributed by atoms with Crippen LogP contribution in [0.2, 0.25) is 0 Å². The van der Waals surface area contributed by atoms with E-state index in [1.165, 1.54) is 19.2 Å². The summed E-state index contributed by atoms with van der Waals surface area (Å²) in [5.74, 6) is 0.556. The van der Waals surface area contributed by atoms with Gasteiger partial charge in [-0.05, 0) is 25.1 Å². The summed E-state index contributed by atoms with van der Waals surface area (Å²) in [6.45, 7) is 3.77. The Bertz CT molecular complexity index is 700. The highest BCUT2D eigenvalue weighted by molar-refractivity contribution is 7.86. The summed E-state index contributed by atoms with van der Waals surface area (Å²) in [4.78, 5) is 0.0763. The highest BCUT2D eigenvalue weighted by Crippen LogP contribution is 2.17. The van der Waals surface area contributed by atoms with E-state index in [-0.39, 0.29) is 10.8 Å². The van der Waals surface area contributed by atoms with E-state index in [4.69, 9.17) is 9.02 Å². The molecule has 0 spiro atoms. The van der Waals surface area contributed by atoms with Gasteiger partial charge >= 0.3 is 10.1 Å². The minimum Gasteiger partial charge on any atom is -0.497 e. The summed E-state index contributed by atoms with van der Waals surface area (Å²) in [6.07, 6.45) is 5.31. The Balaban J connectivity index is 2.21. The molecule has 0 bridgehead atoms. The van der Waals surface area contributed by atoms with Gasteiger partial charge in [0.2, 0.25) is 0 Å². The van der Waals surface area contributed by atoms with Crippen molar-refractivity contribution < 1.29 is 17.4 Å². The van der Waals surface area contributed by atoms with Crippen molar-refractivity contribution in [2.75, 3.05) is 7.11 Å². The molecule has 1 aliphatic carbocycles. The molecule has 0 saturated heterocycles. The smallest absolute Gasteiger partial charge is 0.358 e. The van der Waals surface area contributed by atoms with Crippen LogP contribution in [-0.2, 0) is 19.1 Å². The van der Waals surface area contributed by atoms with Gasteiger partial charge in [-0.2, -0.15) is 8.42 Å². The quantitative estimate of drug-likeness (QED) is 0.802. The molecule has 1 unspecified atom stereocenters. The van der Waals surface area contributed by atoms with Gasteiger partial charge in [0.25, 0.3) is 0 Å². The van der Waals surface area contributed by atoms with Crippen LogP contribution < -0.4 is 0 Å². The lowest BCUT2D eigenvalue weighted by molar-refractivity contribution is 0.305. The predicted molar refractivity (Wildman–Crippen MR) is 80.3 cm³/mol. The van der Waals surface area contributed by atoms with Gasteiger partial charge in [-0.15, -0.1) is 0 Å². The Labute approximate surface area is 124 Å². The number of ether oxygens (including phenoxy) is 1. The van der Waals surface area contributed by atoms with Gasteiger partial charge in [-0.25, -0.2) is 0 Å². The molecule has 1 aliphatic rings. The fraction of sp³-hybridized carbons (Fsp3) is 0.267. The van der Waals surface area contributed by atoms with Crippen molar-refractivity contribution in [1.29, 1.82) is 0 Å². The lowest BCUT2D eigenvalue weighted by Crippen LogP contribution is -2.13. The fourth-order valence-corrected chi connectivity index (χ4v) is 2.48. The zero-order chi connectivity index (χ0) is 15.5. The topological polar surface area (TPSA) is 65.0 Å². The number of methoxy groups -OCH3 is 1. The molecule has 6 heteroatoms. The lowest BCUT2D eigenvalue weighted by Gasteiger charge is -2.13. The Morgan fingerprint density at radius 3 is 2.48 bits per heavy atom. The number of allylic oxidation sites excluding steroid dienone is 3. The van der Waals surface area contributed by atoms with Gasteiger partial charge in [0.15, 0.2) is 0 Å². The zero-order valence-corrected chi connectivity index (χ0v) is 12.9. The fourth-order valence-electron chi connectivity index (χ4n) is 1.74. The van der Waals surface area contributed by atoms with E-state index >= 15 is 0 Å². The van der Waals surface area contributed by atoms with E-state index in [2.05, 4.69) is 5.16 Å². The molecule has 5 nitrogen and oxygen atoms in total. The molecule has 2 rings (SSSR count). The first-order valence-electron chi connectivity index (χ1n) is 6.44. The number of nitrogens with zero attached hydrogens (tertiary/aromatic N) is 1. The van der Waals surface area contributed by atoms with Gasteiger partial charge in [0.05, 0.1) is 12.8 Å². The number of oxime groups is 1. The highest BCUT2D eigenvalue weighted by Gasteiger charge is 2.18. The van der Waals surface area contributed by atoms with Crippen LogP contribution in [0.5, 0.6) is 0 Å². The summed E-state index contributed by atoms with van der Waals surface area (Å²) in [5, 5.41) is 3.75. The average Bonchev–Trinajstić information content (AvgIpc) is 2.47. The number of benzene rings is 1. The summed E-state index contributed by atoms with van der Waals surface area (Å²) >= 11 is 0. The molecule has 112 valence electrons. The molecule has 0 aliphatic heterocycles. The summed E-state index contributed by atoms with van der Waals surface area (Å²) in [7, 11) is -2.37. The van der Waals surface area contributed by atoms with Gasteiger partial charge in [-0.1, -0.05) is 35.9 Å². The highest BCUT2D eigenvalue weighted by atomic mass is 32.2. The van der Waals surface area contributed by atoms with Gasteiger partial charge in [-0.3, -0.25) is 4.28 Å². The van der Waals surface area contributed by atoms with Crippen LogP contribution in [0, 0.1) is 12.8 Å². The van der Waals surface area contributed by atoms with Gasteiger partial charge in [0.1, 0.15) is 10.7 Å². The Morgan fingerprint density at radius 2 is 1.86 bits per heavy atom. The Hall–Kier alpha value is -2.08. The molecule has 0 aromatic heterocycles. The second-order valence-corrected chi connectivity index (χ2v) is 6.29. The van der Waals surface area contributed by atoms with Crippen molar-refractivity contribution >= 4 is 15.8 Å².